The summed E-state index contributed by atoms with van der Waals surface area (Å²) in [5.74, 6) is -7.40. The van der Waals surface area contributed by atoms with E-state index in [1.54, 1.807) is 0 Å². The Kier molecular flexibility index (Phi) is 17.5. The monoisotopic (exact) mass is 689 g/mol. The normalized spacial score (nSPS) is 16.4. The average molecular weight is 690 g/mol. The van der Waals surface area contributed by atoms with Crippen molar-refractivity contribution in [3.63, 3.8) is 0 Å². The Bertz CT molecular complexity index is 1200. The minimum absolute atomic E-state index is 0.00635. The number of hydrogen-bond acceptors (Lipinski definition) is 12. The zero-order chi connectivity index (χ0) is 35.7. The van der Waals surface area contributed by atoms with Crippen molar-refractivity contribution >= 4 is 65.9 Å². The molecule has 1 heterocycles. The molecule has 0 unspecified atom stereocenters. The number of thiol groups is 1. The van der Waals surface area contributed by atoms with E-state index in [0.717, 1.165) is 0 Å². The third kappa shape index (κ3) is 14.5. The number of nitrogens with two attached hydrogens (primary N) is 4. The quantitative estimate of drug-likeness (QED) is 0.0245. The number of nitrogens with zero attached hydrogens (tertiary/aromatic N) is 2. The smallest absolute Gasteiger partial charge is 0.305 e. The van der Waals surface area contributed by atoms with Gasteiger partial charge in [-0.15, -0.1) is 0 Å². The number of aliphatic imine (C=N–C) groups is 1. The predicted molar refractivity (Wildman–Crippen MR) is 167 cm³/mol. The minimum Gasteiger partial charge on any atom is -0.481 e. The number of aliphatic carboxylic acids is 1. The summed E-state index contributed by atoms with van der Waals surface area (Å²) in [6, 6.07) is -6.17. The number of carboxylic acids is 1. The van der Waals surface area contributed by atoms with Gasteiger partial charge in [0.2, 0.25) is 41.4 Å². The largest absolute Gasteiger partial charge is 0.481 e. The van der Waals surface area contributed by atoms with Gasteiger partial charge >= 0.3 is 5.97 Å². The number of nitrogens with one attached hydrogen (secondary N) is 5. The average Bonchev–Trinajstić information content (AvgIpc) is 3.51. The first-order valence-corrected chi connectivity index (χ1v) is 15.0. The summed E-state index contributed by atoms with van der Waals surface area (Å²) in [6.45, 7) is -1.59. The molecule has 1 aliphatic heterocycles. The van der Waals surface area contributed by atoms with Gasteiger partial charge in [0.25, 0.3) is 0 Å². The van der Waals surface area contributed by atoms with Crippen LogP contribution in [0.3, 0.4) is 0 Å². The first kappa shape index (κ1) is 40.3. The third-order valence-corrected chi connectivity index (χ3v) is 7.06. The maximum Gasteiger partial charge on any atom is 0.305 e. The van der Waals surface area contributed by atoms with Gasteiger partial charge in [0.05, 0.1) is 26.1 Å². The SMILES string of the molecule is NC(=O)[C@H](CC(=O)O)NC(=O)CNC(=O)[C@H](CCCN=C(N)N)NC(=O)[C@@H]1CCCN1C(=O)CNC(=O)[C@H](CS)NC(=O)[C@@H](N)CO. The number of aliphatic hydroxyl groups excluding tert-OH is 1. The van der Waals surface area contributed by atoms with Crippen LogP contribution < -0.4 is 49.5 Å². The molecular weight excluding hydrogens is 646 g/mol. The number of guanidine groups is 1. The molecule has 15 N–H and O–H groups in total. The van der Waals surface area contributed by atoms with Crippen LogP contribution >= 0.6 is 12.6 Å². The van der Waals surface area contributed by atoms with E-state index in [0.29, 0.717) is 6.42 Å². The number of carbonyl (C=O) groups excluding carboxylic acids is 7. The molecule has 5 atom stereocenters. The summed E-state index contributed by atoms with van der Waals surface area (Å²) >= 11 is 4.01. The lowest BCUT2D eigenvalue weighted by molar-refractivity contribution is -0.140. The van der Waals surface area contributed by atoms with E-state index >= 15 is 0 Å². The van der Waals surface area contributed by atoms with Gasteiger partial charge < -0.3 is 64.6 Å². The molecule has 0 aromatic rings. The molecule has 0 aromatic carbocycles. The molecule has 1 fully saturated rings. The van der Waals surface area contributed by atoms with E-state index in [1.165, 1.54) is 4.90 Å². The van der Waals surface area contributed by atoms with Crippen LogP contribution in [0.5, 0.6) is 0 Å². The zero-order valence-corrected chi connectivity index (χ0v) is 26.4. The molecule has 0 saturated carbocycles. The van der Waals surface area contributed by atoms with Crippen LogP contribution in [0.2, 0.25) is 0 Å². The van der Waals surface area contributed by atoms with Crippen molar-refractivity contribution in [3.8, 4) is 0 Å². The molecule has 1 saturated heterocycles. The van der Waals surface area contributed by atoms with Gasteiger partial charge in [0.15, 0.2) is 5.96 Å². The van der Waals surface area contributed by atoms with Gasteiger partial charge in [0.1, 0.15) is 30.2 Å². The van der Waals surface area contributed by atoms with Crippen LogP contribution in [0.1, 0.15) is 32.1 Å². The topological polar surface area (TPSA) is 357 Å². The summed E-state index contributed by atoms with van der Waals surface area (Å²) in [7, 11) is 0. The molecule has 21 nitrogen and oxygen atoms in total. The standard InChI is InChI=1S/C25H43N11O10S/c26-12(10-37)21(43)35-15(11-47)23(45)32-9-18(39)36-6-2-4-16(36)24(46)34-13(3-1-5-30-25(28)29)22(44)31-8-17(38)33-14(20(27)42)7-19(40)41/h12-16,37,47H,1-11,26H2,(H2,27,42)(H,31,44)(H,32,45)(H,33,38)(H,34,46)(H,35,43)(H,40,41)(H4,28,29,30)/t12-,13-,14-,15-,16-/m0/s1. The highest BCUT2D eigenvalue weighted by Crippen LogP contribution is 2.18. The Morgan fingerprint density at radius 2 is 1.53 bits per heavy atom. The van der Waals surface area contributed by atoms with Crippen LogP contribution in [-0.4, -0.2) is 137 Å². The summed E-state index contributed by atoms with van der Waals surface area (Å²) < 4.78 is 0. The van der Waals surface area contributed by atoms with Crippen LogP contribution in [0.25, 0.3) is 0 Å². The summed E-state index contributed by atoms with van der Waals surface area (Å²) in [6.07, 6.45) is 0.126. The summed E-state index contributed by atoms with van der Waals surface area (Å²) in [4.78, 5) is 103. The van der Waals surface area contributed by atoms with Crippen LogP contribution in [0, 0.1) is 0 Å². The number of primary amides is 1. The van der Waals surface area contributed by atoms with Crippen molar-refractivity contribution in [3.05, 3.63) is 0 Å². The Balaban J connectivity index is 2.88. The maximum atomic E-state index is 13.3. The van der Waals surface area contributed by atoms with E-state index in [4.69, 9.17) is 33.1 Å². The fraction of sp³-hybridized carbons (Fsp3) is 0.640. The summed E-state index contributed by atoms with van der Waals surface area (Å²) in [5, 5.41) is 29.5. The third-order valence-electron chi connectivity index (χ3n) is 6.70. The number of carboxylic acid groups (broad SMARTS) is 1. The Morgan fingerprint density at radius 3 is 2.11 bits per heavy atom. The van der Waals surface area contributed by atoms with Gasteiger partial charge in [-0.25, -0.2) is 0 Å². The van der Waals surface area contributed by atoms with Crippen molar-refractivity contribution < 1.29 is 48.6 Å². The molecule has 22 heteroatoms. The van der Waals surface area contributed by atoms with E-state index in [1.807, 2.05) is 0 Å². The molecule has 1 rings (SSSR count). The Hall–Kier alpha value is -4.70. The van der Waals surface area contributed by atoms with Crippen molar-refractivity contribution in [1.82, 2.24) is 31.5 Å². The lowest BCUT2D eigenvalue weighted by atomic mass is 10.1. The highest BCUT2D eigenvalue weighted by Gasteiger charge is 2.36. The molecule has 0 radical (unpaired) electrons. The first-order chi connectivity index (χ1) is 22.1. The molecule has 1 aliphatic rings. The van der Waals surface area contributed by atoms with Crippen molar-refractivity contribution in [2.75, 3.05) is 38.5 Å². The zero-order valence-electron chi connectivity index (χ0n) is 25.5. The van der Waals surface area contributed by atoms with Crippen LogP contribution in [-0.2, 0) is 38.4 Å². The van der Waals surface area contributed by atoms with Gasteiger partial charge in [-0.2, -0.15) is 12.6 Å². The molecule has 0 bridgehead atoms. The van der Waals surface area contributed by atoms with Gasteiger partial charge in [0, 0.05) is 18.8 Å². The molecule has 47 heavy (non-hydrogen) atoms. The molecular formula is C25H43N11O10S. The second-order valence-corrected chi connectivity index (χ2v) is 10.7. The molecule has 0 aliphatic carbocycles. The lowest BCUT2D eigenvalue weighted by Crippen LogP contribution is -2.56. The van der Waals surface area contributed by atoms with Crippen LogP contribution in [0.15, 0.2) is 4.99 Å². The molecule has 0 spiro atoms. The number of hydrogen-bond donors (Lipinski definition) is 12. The number of carbonyl (C=O) groups is 8. The second-order valence-electron chi connectivity index (χ2n) is 10.3. The van der Waals surface area contributed by atoms with E-state index in [-0.39, 0.29) is 44.1 Å². The summed E-state index contributed by atoms with van der Waals surface area (Å²) in [5.41, 5.74) is 21.2. The fourth-order valence-electron chi connectivity index (χ4n) is 4.25. The molecule has 0 aromatic heterocycles. The van der Waals surface area contributed by atoms with Gasteiger partial charge in [-0.1, -0.05) is 0 Å². The van der Waals surface area contributed by atoms with Crippen molar-refractivity contribution in [2.45, 2.75) is 62.3 Å². The predicted octanol–water partition coefficient (Wildman–Crippen LogP) is -7.07. The highest BCUT2D eigenvalue weighted by atomic mass is 32.1. The highest BCUT2D eigenvalue weighted by molar-refractivity contribution is 7.80. The fourth-order valence-corrected chi connectivity index (χ4v) is 4.51. The lowest BCUT2D eigenvalue weighted by Gasteiger charge is -2.27. The molecule has 264 valence electrons. The van der Waals surface area contributed by atoms with E-state index < -0.39 is 104 Å². The van der Waals surface area contributed by atoms with Gasteiger partial charge in [-0.05, 0) is 25.7 Å². The number of aliphatic hydroxyl groups is 1. The maximum absolute atomic E-state index is 13.3. The Labute approximate surface area is 274 Å². The van der Waals surface area contributed by atoms with Crippen molar-refractivity contribution in [2.24, 2.45) is 27.9 Å². The van der Waals surface area contributed by atoms with Gasteiger partial charge in [-0.3, -0.25) is 43.3 Å². The van der Waals surface area contributed by atoms with Crippen molar-refractivity contribution in [1.29, 1.82) is 0 Å². The second kappa shape index (κ2) is 20.4. The molecule has 7 amide bonds. The minimum atomic E-state index is -1.52. The number of rotatable bonds is 20. The number of likely N-dealkylation sites (tertiary alicyclic amines) is 1. The van der Waals surface area contributed by atoms with Crippen LogP contribution in [0.4, 0.5) is 0 Å². The van der Waals surface area contributed by atoms with E-state index in [2.05, 4.69) is 44.2 Å². The first-order valence-electron chi connectivity index (χ1n) is 14.4. The van der Waals surface area contributed by atoms with E-state index in [9.17, 15) is 38.4 Å². The number of amides is 7. The Morgan fingerprint density at radius 1 is 0.894 bits per heavy atom.